The van der Waals surface area contributed by atoms with E-state index < -0.39 is 5.69 Å². The lowest BCUT2D eigenvalue weighted by Gasteiger charge is -2.22. The van der Waals surface area contributed by atoms with Crippen LogP contribution in [0.2, 0.25) is 0 Å². The SMILES string of the molecule is O=c1[nH]c(C2CC=[C]([Al])CC2)c([CH2][Al])c(=O)[nH]1. The Kier molecular flexibility index (Phi) is 4.12. The van der Waals surface area contributed by atoms with Gasteiger partial charge in [0.05, 0.1) is 0 Å². The number of aromatic amines is 2. The van der Waals surface area contributed by atoms with E-state index in [2.05, 4.69) is 48.6 Å². The summed E-state index contributed by atoms with van der Waals surface area (Å²) in [5.41, 5.74) is 0.815. The summed E-state index contributed by atoms with van der Waals surface area (Å²) in [5.74, 6) is 0.254. The van der Waals surface area contributed by atoms with E-state index in [-0.39, 0.29) is 11.5 Å². The minimum atomic E-state index is -0.409. The fourth-order valence-electron chi connectivity index (χ4n) is 2.20. The fourth-order valence-corrected chi connectivity index (χ4v) is 2.91. The highest BCUT2D eigenvalue weighted by Gasteiger charge is 2.19. The summed E-state index contributed by atoms with van der Waals surface area (Å²) in [4.78, 5) is 28.1. The molecule has 0 aromatic carbocycles. The van der Waals surface area contributed by atoms with Crippen molar-refractivity contribution >= 4 is 32.6 Å². The molecular formula is C11H12Al2N2O2. The zero-order valence-corrected chi connectivity index (χ0v) is 11.8. The van der Waals surface area contributed by atoms with Crippen molar-refractivity contribution in [1.82, 2.24) is 9.97 Å². The standard InChI is InChI=1S/C11H12N2O2.2Al/c1-7-9(8-5-3-2-4-6-8)12-11(15)13-10(7)14;;/h3,8H,1,4-6H2,(H2,12,13,14,15);;. The Labute approximate surface area is 115 Å². The molecule has 1 aliphatic carbocycles. The van der Waals surface area contributed by atoms with Gasteiger partial charge in [-0.3, -0.25) is 9.78 Å². The molecule has 1 atom stereocenters. The average Bonchev–Trinajstić information content (AvgIpc) is 2.29. The van der Waals surface area contributed by atoms with E-state index in [0.717, 1.165) is 25.0 Å². The second kappa shape index (κ2) is 5.42. The maximum absolute atomic E-state index is 11.7. The summed E-state index contributed by atoms with van der Waals surface area (Å²) in [5, 5.41) is 0.565. The first-order valence-electron chi connectivity index (χ1n) is 5.61. The van der Waals surface area contributed by atoms with Gasteiger partial charge in [0, 0.05) is 17.2 Å². The molecule has 0 saturated heterocycles. The van der Waals surface area contributed by atoms with Gasteiger partial charge in [-0.2, -0.15) is 4.44 Å². The van der Waals surface area contributed by atoms with Crippen LogP contribution in [-0.2, 0) is 5.28 Å². The van der Waals surface area contributed by atoms with E-state index in [0.29, 0.717) is 10.8 Å². The molecule has 0 saturated carbocycles. The van der Waals surface area contributed by atoms with Crippen molar-refractivity contribution in [3.05, 3.63) is 42.6 Å². The molecule has 4 radical (unpaired) electrons. The van der Waals surface area contributed by atoms with E-state index in [1.807, 2.05) is 0 Å². The summed E-state index contributed by atoms with van der Waals surface area (Å²) < 4.78 is 1.31. The van der Waals surface area contributed by atoms with Crippen molar-refractivity contribution in [2.24, 2.45) is 0 Å². The highest BCUT2D eigenvalue weighted by atomic mass is 27.1. The van der Waals surface area contributed by atoms with Gasteiger partial charge in [0.2, 0.25) is 0 Å². The van der Waals surface area contributed by atoms with Gasteiger partial charge in [0.15, 0.2) is 16.3 Å². The number of rotatable bonds is 2. The topological polar surface area (TPSA) is 65.7 Å². The number of aromatic nitrogens is 2. The monoisotopic (exact) mass is 258 g/mol. The van der Waals surface area contributed by atoms with Crippen molar-refractivity contribution in [3.63, 3.8) is 0 Å². The third kappa shape index (κ3) is 2.84. The third-order valence-electron chi connectivity index (χ3n) is 3.13. The van der Waals surface area contributed by atoms with Crippen LogP contribution in [0.3, 0.4) is 0 Å². The van der Waals surface area contributed by atoms with Gasteiger partial charge < -0.3 is 4.98 Å². The number of allylic oxidation sites excluding steroid dienone is 2. The van der Waals surface area contributed by atoms with E-state index in [1.165, 1.54) is 4.44 Å². The van der Waals surface area contributed by atoms with Gasteiger partial charge in [-0.15, -0.1) is 6.08 Å². The predicted molar refractivity (Wildman–Crippen MR) is 67.6 cm³/mol. The van der Waals surface area contributed by atoms with Gasteiger partial charge in [0.1, 0.15) is 16.3 Å². The lowest BCUT2D eigenvalue weighted by atomic mass is 9.89. The smallest absolute Gasteiger partial charge is 0.311 e. The molecule has 0 fully saturated rings. The molecule has 0 spiro atoms. The van der Waals surface area contributed by atoms with Crippen LogP contribution in [0.15, 0.2) is 20.1 Å². The van der Waals surface area contributed by atoms with E-state index >= 15 is 0 Å². The second-order valence-corrected chi connectivity index (χ2v) is 5.40. The second-order valence-electron chi connectivity index (χ2n) is 4.25. The van der Waals surface area contributed by atoms with Crippen LogP contribution in [0.4, 0.5) is 0 Å². The van der Waals surface area contributed by atoms with Crippen molar-refractivity contribution in [1.29, 1.82) is 0 Å². The number of hydrogen-bond acceptors (Lipinski definition) is 2. The summed E-state index contributed by atoms with van der Waals surface area (Å²) >= 11 is 5.26. The van der Waals surface area contributed by atoms with E-state index in [1.54, 1.807) is 0 Å². The lowest BCUT2D eigenvalue weighted by Crippen LogP contribution is -2.29. The minimum Gasteiger partial charge on any atom is -0.311 e. The summed E-state index contributed by atoms with van der Waals surface area (Å²) in [7, 11) is 0. The molecule has 1 aromatic heterocycles. The molecule has 2 rings (SSSR count). The van der Waals surface area contributed by atoms with Gasteiger partial charge in [-0.25, -0.2) is 4.79 Å². The number of hydrogen-bond donors (Lipinski definition) is 2. The number of H-pyrrole nitrogens is 2. The molecule has 0 aliphatic heterocycles. The van der Waals surface area contributed by atoms with Crippen LogP contribution in [0, 0.1) is 0 Å². The molecule has 1 unspecified atom stereocenters. The van der Waals surface area contributed by atoms with Gasteiger partial charge in [-0.05, 0) is 19.3 Å². The molecule has 6 heteroatoms. The van der Waals surface area contributed by atoms with Gasteiger partial charge >= 0.3 is 5.69 Å². The molecule has 2 N–H and O–H groups in total. The molecule has 0 amide bonds. The van der Waals surface area contributed by atoms with Crippen LogP contribution in [0.5, 0.6) is 0 Å². The largest absolute Gasteiger partial charge is 0.325 e. The summed E-state index contributed by atoms with van der Waals surface area (Å²) in [6.07, 6.45) is 5.02. The fraction of sp³-hybridized carbons (Fsp3) is 0.455. The Bertz CT molecular complexity index is 559. The molecule has 1 aliphatic rings. The van der Waals surface area contributed by atoms with E-state index in [9.17, 15) is 9.59 Å². The van der Waals surface area contributed by atoms with Crippen molar-refractivity contribution in [3.8, 4) is 0 Å². The normalized spacial score (nSPS) is 20.0. The van der Waals surface area contributed by atoms with Crippen molar-refractivity contribution in [2.45, 2.75) is 30.5 Å². The molecule has 17 heavy (non-hydrogen) atoms. The predicted octanol–water partition coefficient (Wildman–Crippen LogP) is 0.0516. The highest BCUT2D eigenvalue weighted by molar-refractivity contribution is 6.21. The Morgan fingerprint density at radius 3 is 2.71 bits per heavy atom. The van der Waals surface area contributed by atoms with Gasteiger partial charge in [-0.1, -0.05) is 5.28 Å². The lowest BCUT2D eigenvalue weighted by molar-refractivity contribution is 0.585. The van der Waals surface area contributed by atoms with Crippen LogP contribution in [-0.4, -0.2) is 42.5 Å². The summed E-state index contributed by atoms with van der Waals surface area (Å²) in [6, 6.07) is 0. The Morgan fingerprint density at radius 1 is 1.35 bits per heavy atom. The highest BCUT2D eigenvalue weighted by Crippen LogP contribution is 2.30. The number of nitrogens with one attached hydrogen (secondary N) is 2. The Hall–Kier alpha value is -0.515. The maximum Gasteiger partial charge on any atom is 0.325 e. The van der Waals surface area contributed by atoms with Crippen LogP contribution in [0.25, 0.3) is 0 Å². The molecule has 1 aromatic rings. The Morgan fingerprint density at radius 2 is 2.12 bits per heavy atom. The quantitative estimate of drug-likeness (QED) is 0.736. The van der Waals surface area contributed by atoms with Gasteiger partial charge in [0.25, 0.3) is 5.56 Å². The first kappa shape index (κ1) is 12.9. The molecule has 0 bridgehead atoms. The van der Waals surface area contributed by atoms with Crippen LogP contribution < -0.4 is 11.2 Å². The van der Waals surface area contributed by atoms with E-state index in [4.69, 9.17) is 0 Å². The molecule has 84 valence electrons. The average molecular weight is 258 g/mol. The molecule has 1 heterocycles. The first-order chi connectivity index (χ1) is 8.11. The maximum atomic E-state index is 11.7. The Balaban J connectivity index is 2.45. The first-order valence-corrected chi connectivity index (χ1v) is 7.01. The summed E-state index contributed by atoms with van der Waals surface area (Å²) in [6.45, 7) is 0. The third-order valence-corrected chi connectivity index (χ3v) is 4.07. The van der Waals surface area contributed by atoms with Crippen LogP contribution in [0.1, 0.15) is 36.4 Å². The van der Waals surface area contributed by atoms with Crippen molar-refractivity contribution in [2.75, 3.05) is 0 Å². The van der Waals surface area contributed by atoms with Crippen molar-refractivity contribution < 1.29 is 0 Å². The zero-order chi connectivity index (χ0) is 12.4. The minimum absolute atomic E-state index is 0.254. The molecular weight excluding hydrogens is 246 g/mol. The van der Waals surface area contributed by atoms with Crippen LogP contribution >= 0.6 is 0 Å². The zero-order valence-electron chi connectivity index (χ0n) is 9.45. The molecule has 4 nitrogen and oxygen atoms in total.